The van der Waals surface area contributed by atoms with Crippen LogP contribution < -0.4 is 4.90 Å². The Balaban J connectivity index is 1.71. The van der Waals surface area contributed by atoms with Crippen molar-refractivity contribution in [2.24, 2.45) is 0 Å². The van der Waals surface area contributed by atoms with Gasteiger partial charge in [-0.25, -0.2) is 9.97 Å². The van der Waals surface area contributed by atoms with E-state index in [1.54, 1.807) is 6.33 Å². The van der Waals surface area contributed by atoms with Crippen LogP contribution in [0.25, 0.3) is 0 Å². The zero-order chi connectivity index (χ0) is 15.4. The van der Waals surface area contributed by atoms with E-state index in [1.807, 2.05) is 22.8 Å². The predicted molar refractivity (Wildman–Crippen MR) is 83.8 cm³/mol. The van der Waals surface area contributed by atoms with E-state index in [0.29, 0.717) is 6.54 Å². The molecule has 22 heavy (non-hydrogen) atoms. The number of hydrogen-bond donors (Lipinski definition) is 0. The Morgan fingerprint density at radius 3 is 2.86 bits per heavy atom. The molecule has 0 aromatic carbocycles. The number of amides is 1. The Hall–Kier alpha value is -1.69. The number of nitrogens with zero attached hydrogens (tertiary/aromatic N) is 4. The summed E-state index contributed by atoms with van der Waals surface area (Å²) in [5.41, 5.74) is 0.913. The van der Waals surface area contributed by atoms with Gasteiger partial charge in [0.2, 0.25) is 5.91 Å². The second kappa shape index (κ2) is 7.05. The van der Waals surface area contributed by atoms with E-state index in [9.17, 15) is 4.79 Å². The maximum Gasteiger partial charge on any atom is 0.242 e. The Morgan fingerprint density at radius 1 is 1.36 bits per heavy atom. The second-order valence-electron chi connectivity index (χ2n) is 6.12. The van der Waals surface area contributed by atoms with Gasteiger partial charge in [-0.3, -0.25) is 4.79 Å². The summed E-state index contributed by atoms with van der Waals surface area (Å²) >= 11 is 0. The highest BCUT2D eigenvalue weighted by atomic mass is 16.5. The van der Waals surface area contributed by atoms with E-state index < -0.39 is 0 Å². The van der Waals surface area contributed by atoms with Crippen LogP contribution in [0.5, 0.6) is 0 Å². The molecule has 0 aliphatic carbocycles. The van der Waals surface area contributed by atoms with Crippen LogP contribution in [-0.2, 0) is 9.53 Å². The minimum absolute atomic E-state index is 0.187. The summed E-state index contributed by atoms with van der Waals surface area (Å²) in [5, 5.41) is 0. The summed E-state index contributed by atoms with van der Waals surface area (Å²) in [6.45, 7) is 5.62. The van der Waals surface area contributed by atoms with Gasteiger partial charge in [0.25, 0.3) is 0 Å². The zero-order valence-corrected chi connectivity index (χ0v) is 13.2. The molecular weight excluding hydrogens is 280 g/mol. The summed E-state index contributed by atoms with van der Waals surface area (Å²) < 4.78 is 5.73. The largest absolute Gasteiger partial charge is 0.376 e. The topological polar surface area (TPSA) is 58.6 Å². The van der Waals surface area contributed by atoms with Crippen molar-refractivity contribution in [3.05, 3.63) is 18.1 Å². The molecule has 0 radical (unpaired) electrons. The summed E-state index contributed by atoms with van der Waals surface area (Å²) in [6, 6.07) is 1.94. The van der Waals surface area contributed by atoms with Crippen LogP contribution in [0.4, 0.5) is 5.82 Å². The minimum atomic E-state index is 0.187. The predicted octanol–water partition coefficient (Wildman–Crippen LogP) is 1.39. The number of anilines is 1. The lowest BCUT2D eigenvalue weighted by atomic mass is 10.2. The Bertz CT molecular complexity index is 511. The van der Waals surface area contributed by atoms with Crippen LogP contribution in [0.2, 0.25) is 0 Å². The molecule has 120 valence electrons. The Morgan fingerprint density at radius 2 is 2.18 bits per heavy atom. The number of aryl methyl sites for hydroxylation is 1. The van der Waals surface area contributed by atoms with Crippen molar-refractivity contribution in [1.29, 1.82) is 0 Å². The molecule has 3 rings (SSSR count). The molecule has 0 saturated carbocycles. The van der Waals surface area contributed by atoms with E-state index in [1.165, 1.54) is 0 Å². The molecule has 1 unspecified atom stereocenters. The van der Waals surface area contributed by atoms with Crippen molar-refractivity contribution >= 4 is 11.7 Å². The average molecular weight is 304 g/mol. The van der Waals surface area contributed by atoms with E-state index >= 15 is 0 Å². The molecule has 6 heteroatoms. The van der Waals surface area contributed by atoms with E-state index in [2.05, 4.69) is 9.97 Å². The first kappa shape index (κ1) is 15.2. The van der Waals surface area contributed by atoms with Crippen molar-refractivity contribution < 1.29 is 9.53 Å². The van der Waals surface area contributed by atoms with Crippen molar-refractivity contribution in [3.63, 3.8) is 0 Å². The van der Waals surface area contributed by atoms with Crippen LogP contribution in [0, 0.1) is 6.92 Å². The van der Waals surface area contributed by atoms with Gasteiger partial charge in [-0.2, -0.15) is 0 Å². The first-order valence-corrected chi connectivity index (χ1v) is 8.15. The quantitative estimate of drug-likeness (QED) is 0.823. The fourth-order valence-corrected chi connectivity index (χ4v) is 3.12. The molecule has 6 nitrogen and oxygen atoms in total. The van der Waals surface area contributed by atoms with Crippen molar-refractivity contribution in [2.75, 3.05) is 37.7 Å². The lowest BCUT2D eigenvalue weighted by Gasteiger charge is -2.28. The number of carbonyl (C=O) groups excluding carboxylic acids is 1. The van der Waals surface area contributed by atoms with Crippen LogP contribution in [0.3, 0.4) is 0 Å². The second-order valence-corrected chi connectivity index (χ2v) is 6.12. The molecule has 0 spiro atoms. The fraction of sp³-hybridized carbons (Fsp3) is 0.688. The molecule has 1 atom stereocenters. The van der Waals surface area contributed by atoms with Gasteiger partial charge in [0.05, 0.1) is 12.6 Å². The van der Waals surface area contributed by atoms with Gasteiger partial charge in [-0.05, 0) is 32.6 Å². The summed E-state index contributed by atoms with van der Waals surface area (Å²) in [7, 11) is 0. The number of ether oxygens (including phenoxy) is 1. The third kappa shape index (κ3) is 3.74. The zero-order valence-electron chi connectivity index (χ0n) is 13.2. The van der Waals surface area contributed by atoms with E-state index in [0.717, 1.165) is 63.4 Å². The van der Waals surface area contributed by atoms with Gasteiger partial charge in [0.15, 0.2) is 0 Å². The summed E-state index contributed by atoms with van der Waals surface area (Å²) in [5.74, 6) is 1.00. The third-order valence-corrected chi connectivity index (χ3v) is 4.35. The first-order valence-electron chi connectivity index (χ1n) is 8.15. The maximum atomic E-state index is 12.5. The molecule has 2 saturated heterocycles. The van der Waals surface area contributed by atoms with Gasteiger partial charge in [-0.15, -0.1) is 0 Å². The molecule has 3 heterocycles. The number of aromatic nitrogens is 2. The average Bonchev–Trinajstić information content (AvgIpc) is 3.20. The normalized spacial score (nSPS) is 21.3. The smallest absolute Gasteiger partial charge is 0.242 e. The molecule has 0 bridgehead atoms. The van der Waals surface area contributed by atoms with Crippen molar-refractivity contribution in [1.82, 2.24) is 14.9 Å². The molecule has 1 amide bonds. The Kier molecular flexibility index (Phi) is 4.87. The number of likely N-dealkylation sites (tertiary alicyclic amines) is 1. The van der Waals surface area contributed by atoms with Gasteiger partial charge in [0, 0.05) is 38.0 Å². The molecule has 1 aromatic heterocycles. The van der Waals surface area contributed by atoms with E-state index in [4.69, 9.17) is 4.74 Å². The highest BCUT2D eigenvalue weighted by Gasteiger charge is 2.25. The molecular formula is C16H24N4O2. The first-order chi connectivity index (χ1) is 10.7. The van der Waals surface area contributed by atoms with Gasteiger partial charge < -0.3 is 14.5 Å². The molecule has 0 N–H and O–H groups in total. The SMILES string of the molecule is Cc1cc(N(CC(=O)N2CCCC2)CC2CCCO2)ncn1. The van der Waals surface area contributed by atoms with E-state index in [-0.39, 0.29) is 12.0 Å². The van der Waals surface area contributed by atoms with Crippen LogP contribution in [-0.4, -0.2) is 59.7 Å². The standard InChI is InChI=1S/C16H24N4O2/c1-13-9-15(18-12-17-13)20(10-14-5-4-8-22-14)11-16(21)19-6-2-3-7-19/h9,12,14H,2-8,10-11H2,1H3. The van der Waals surface area contributed by atoms with Crippen molar-refractivity contribution in [2.45, 2.75) is 38.7 Å². The van der Waals surface area contributed by atoms with Crippen LogP contribution >= 0.6 is 0 Å². The fourth-order valence-electron chi connectivity index (χ4n) is 3.12. The molecule has 2 aliphatic heterocycles. The van der Waals surface area contributed by atoms with Crippen LogP contribution in [0.15, 0.2) is 12.4 Å². The molecule has 2 aliphatic rings. The maximum absolute atomic E-state index is 12.5. The van der Waals surface area contributed by atoms with Crippen molar-refractivity contribution in [3.8, 4) is 0 Å². The van der Waals surface area contributed by atoms with Gasteiger partial charge in [-0.1, -0.05) is 0 Å². The number of hydrogen-bond acceptors (Lipinski definition) is 5. The number of rotatable bonds is 5. The van der Waals surface area contributed by atoms with Gasteiger partial charge in [0.1, 0.15) is 12.1 Å². The van der Waals surface area contributed by atoms with Crippen LogP contribution in [0.1, 0.15) is 31.4 Å². The Labute approximate surface area is 131 Å². The highest BCUT2D eigenvalue weighted by molar-refractivity contribution is 5.81. The van der Waals surface area contributed by atoms with Gasteiger partial charge >= 0.3 is 0 Å². The molecule has 1 aromatic rings. The third-order valence-electron chi connectivity index (χ3n) is 4.35. The highest BCUT2D eigenvalue weighted by Crippen LogP contribution is 2.18. The monoisotopic (exact) mass is 304 g/mol. The lowest BCUT2D eigenvalue weighted by Crippen LogP contribution is -2.42. The minimum Gasteiger partial charge on any atom is -0.376 e. The summed E-state index contributed by atoms with van der Waals surface area (Å²) in [6.07, 6.45) is 6.14. The summed E-state index contributed by atoms with van der Waals surface area (Å²) in [4.78, 5) is 25.0. The molecule has 2 fully saturated rings. The number of carbonyl (C=O) groups is 1. The lowest BCUT2D eigenvalue weighted by molar-refractivity contribution is -0.128.